The van der Waals surface area contributed by atoms with Crippen LogP contribution in [0.3, 0.4) is 0 Å². The first-order valence-corrected chi connectivity index (χ1v) is 14.6. The number of alkyl halides is 3. The van der Waals surface area contributed by atoms with Gasteiger partial charge in [0.15, 0.2) is 8.32 Å². The molecule has 7 nitrogen and oxygen atoms in total. The summed E-state index contributed by atoms with van der Waals surface area (Å²) in [5, 5.41) is 8.09. The molecule has 1 N–H and O–H groups in total. The Labute approximate surface area is 210 Å². The second kappa shape index (κ2) is 10.2. The molecular weight excluding hydrogens is 489 g/mol. The lowest BCUT2D eigenvalue weighted by atomic mass is 10.2. The van der Waals surface area contributed by atoms with Crippen molar-refractivity contribution in [3.8, 4) is 5.75 Å². The Kier molecular flexibility index (Phi) is 7.85. The maximum Gasteiger partial charge on any atom is 0.433 e. The topological polar surface area (TPSA) is 78.3 Å². The van der Waals surface area contributed by atoms with Crippen LogP contribution in [-0.2, 0) is 17.1 Å². The lowest BCUT2D eigenvalue weighted by molar-refractivity contribution is -0.141. The van der Waals surface area contributed by atoms with Crippen LogP contribution in [0, 0.1) is 0 Å². The molecule has 0 aliphatic heterocycles. The molecule has 0 saturated heterocycles. The van der Waals surface area contributed by atoms with Crippen molar-refractivity contribution in [2.24, 2.45) is 0 Å². The van der Waals surface area contributed by atoms with Gasteiger partial charge >= 0.3 is 6.18 Å². The molecule has 0 bridgehead atoms. The number of rotatable bonds is 8. The van der Waals surface area contributed by atoms with Crippen LogP contribution in [0.2, 0.25) is 18.1 Å². The second-order valence-corrected chi connectivity index (χ2v) is 15.2. The van der Waals surface area contributed by atoms with Gasteiger partial charge in [-0.25, -0.2) is 4.98 Å². The Morgan fingerprint density at radius 2 is 1.86 bits per heavy atom. The summed E-state index contributed by atoms with van der Waals surface area (Å²) in [6.45, 7) is 15.7. The van der Waals surface area contributed by atoms with Gasteiger partial charge in [-0.3, -0.25) is 9.48 Å². The van der Waals surface area contributed by atoms with Crippen molar-refractivity contribution in [3.63, 3.8) is 0 Å². The molecule has 0 fully saturated rings. The molecule has 0 saturated carbocycles. The number of nitrogens with zero attached hydrogens (tertiary/aromatic N) is 3. The Balaban J connectivity index is 1.84. The van der Waals surface area contributed by atoms with Crippen LogP contribution < -0.4 is 10.1 Å². The number of amides is 1. The number of carbonyl (C=O) groups excluding carboxylic acids is 1. The minimum atomic E-state index is -4.65. The smallest absolute Gasteiger partial charge is 0.433 e. The van der Waals surface area contributed by atoms with Crippen molar-refractivity contribution in [3.05, 3.63) is 47.9 Å². The SMILES string of the molecule is CC(C)Oc1cc2nn(CCO[Si](C)(C)C(C)(C)C)cc2cc1NC(=O)c1cccc(C(F)(F)F)n1. The fraction of sp³-hybridized carbons (Fsp3) is 0.480. The maximum atomic E-state index is 13.0. The summed E-state index contributed by atoms with van der Waals surface area (Å²) in [6.07, 6.45) is -3.02. The minimum Gasteiger partial charge on any atom is -0.489 e. The molecule has 11 heteroatoms. The first-order chi connectivity index (χ1) is 16.6. The van der Waals surface area contributed by atoms with Crippen LogP contribution in [0.15, 0.2) is 36.5 Å². The average Bonchev–Trinajstić information content (AvgIpc) is 3.13. The van der Waals surface area contributed by atoms with Crippen LogP contribution in [0.1, 0.15) is 50.8 Å². The number of fused-ring (bicyclic) bond motifs is 1. The Morgan fingerprint density at radius 1 is 1.17 bits per heavy atom. The van der Waals surface area contributed by atoms with Crippen molar-refractivity contribution in [1.29, 1.82) is 0 Å². The molecule has 0 spiro atoms. The van der Waals surface area contributed by atoms with Crippen molar-refractivity contribution in [2.45, 2.75) is 71.6 Å². The number of carbonyl (C=O) groups is 1. The zero-order valence-corrected chi connectivity index (χ0v) is 22.7. The fourth-order valence-corrected chi connectivity index (χ4v) is 4.22. The number of benzene rings is 1. The molecule has 2 aromatic heterocycles. The van der Waals surface area contributed by atoms with Gasteiger partial charge in [0.25, 0.3) is 5.91 Å². The van der Waals surface area contributed by atoms with E-state index in [1.807, 2.05) is 20.0 Å². The van der Waals surface area contributed by atoms with Crippen molar-refractivity contribution in [2.75, 3.05) is 11.9 Å². The zero-order chi connectivity index (χ0) is 26.9. The molecule has 1 amide bonds. The van der Waals surface area contributed by atoms with Crippen molar-refractivity contribution < 1.29 is 27.1 Å². The highest BCUT2D eigenvalue weighted by Crippen LogP contribution is 2.36. The molecule has 3 aromatic rings. The van der Waals surface area contributed by atoms with Crippen LogP contribution in [0.5, 0.6) is 5.75 Å². The fourth-order valence-electron chi connectivity index (χ4n) is 3.18. The predicted octanol–water partition coefficient (Wildman–Crippen LogP) is 6.51. The molecular formula is C25H33F3N4O3Si. The van der Waals surface area contributed by atoms with Gasteiger partial charge in [-0.2, -0.15) is 18.3 Å². The molecule has 0 aliphatic carbocycles. The molecule has 0 radical (unpaired) electrons. The molecule has 1 aromatic carbocycles. The lowest BCUT2D eigenvalue weighted by Gasteiger charge is -2.36. The van der Waals surface area contributed by atoms with Gasteiger partial charge < -0.3 is 14.5 Å². The first kappa shape index (κ1) is 27.7. The van der Waals surface area contributed by atoms with Gasteiger partial charge in [0, 0.05) is 17.6 Å². The summed E-state index contributed by atoms with van der Waals surface area (Å²) in [4.78, 5) is 16.2. The van der Waals surface area contributed by atoms with Crippen molar-refractivity contribution in [1.82, 2.24) is 14.8 Å². The van der Waals surface area contributed by atoms with Crippen LogP contribution >= 0.6 is 0 Å². The second-order valence-electron chi connectivity index (χ2n) is 10.4. The molecule has 3 rings (SSSR count). The van der Waals surface area contributed by atoms with E-state index in [9.17, 15) is 18.0 Å². The van der Waals surface area contributed by atoms with E-state index in [0.29, 0.717) is 30.1 Å². The average molecular weight is 523 g/mol. The number of halogens is 3. The third-order valence-corrected chi connectivity index (χ3v) is 10.7. The standard InChI is InChI=1S/C25H33F3N4O3Si/c1-16(2)35-21-14-19-17(15-32(31-19)11-12-34-36(6,7)24(3,4)5)13-20(21)30-23(33)18-9-8-10-22(29-18)25(26,27)28/h8-10,13-16H,11-12H2,1-7H3,(H,30,33). The maximum absolute atomic E-state index is 13.0. The van der Waals surface area contributed by atoms with Gasteiger partial charge in [0.2, 0.25) is 0 Å². The summed E-state index contributed by atoms with van der Waals surface area (Å²) in [7, 11) is -1.89. The molecule has 36 heavy (non-hydrogen) atoms. The van der Waals surface area contributed by atoms with Crippen LogP contribution in [-0.4, -0.2) is 41.7 Å². The third kappa shape index (κ3) is 6.64. The zero-order valence-electron chi connectivity index (χ0n) is 21.7. The largest absolute Gasteiger partial charge is 0.489 e. The van der Waals surface area contributed by atoms with Crippen LogP contribution in [0.4, 0.5) is 18.9 Å². The Morgan fingerprint density at radius 3 is 2.47 bits per heavy atom. The highest BCUT2D eigenvalue weighted by atomic mass is 28.4. The molecule has 2 heterocycles. The summed E-state index contributed by atoms with van der Waals surface area (Å²) in [6, 6.07) is 6.59. The molecule has 0 atom stereocenters. The van der Waals surface area contributed by atoms with E-state index in [2.05, 4.69) is 49.3 Å². The Hall–Kier alpha value is -2.92. The number of hydrogen-bond donors (Lipinski definition) is 1. The molecule has 0 unspecified atom stereocenters. The lowest BCUT2D eigenvalue weighted by Crippen LogP contribution is -2.41. The number of ether oxygens (including phenoxy) is 1. The van der Waals surface area contributed by atoms with Gasteiger partial charge in [0.1, 0.15) is 17.1 Å². The number of aromatic nitrogens is 3. The molecule has 0 aliphatic rings. The van der Waals surface area contributed by atoms with E-state index in [4.69, 9.17) is 9.16 Å². The van der Waals surface area contributed by atoms with E-state index in [1.165, 1.54) is 6.07 Å². The van der Waals surface area contributed by atoms with E-state index in [1.54, 1.807) is 16.8 Å². The summed E-state index contributed by atoms with van der Waals surface area (Å²) >= 11 is 0. The van der Waals surface area contributed by atoms with Gasteiger partial charge in [0.05, 0.1) is 30.5 Å². The summed E-state index contributed by atoms with van der Waals surface area (Å²) < 4.78 is 52.9. The summed E-state index contributed by atoms with van der Waals surface area (Å²) in [5.74, 6) is -0.412. The van der Waals surface area contributed by atoms with Gasteiger partial charge in [-0.1, -0.05) is 26.8 Å². The van der Waals surface area contributed by atoms with E-state index >= 15 is 0 Å². The highest BCUT2D eigenvalue weighted by Gasteiger charge is 2.37. The summed E-state index contributed by atoms with van der Waals surface area (Å²) in [5.41, 5.74) is -0.505. The van der Waals surface area contributed by atoms with Gasteiger partial charge in [-0.15, -0.1) is 0 Å². The predicted molar refractivity (Wildman–Crippen MR) is 136 cm³/mol. The van der Waals surface area contributed by atoms with E-state index in [-0.39, 0.29) is 16.8 Å². The van der Waals surface area contributed by atoms with Gasteiger partial charge in [-0.05, 0) is 50.2 Å². The number of hydrogen-bond acceptors (Lipinski definition) is 5. The Bertz CT molecular complexity index is 1230. The third-order valence-electron chi connectivity index (χ3n) is 6.13. The number of anilines is 1. The normalized spacial score (nSPS) is 12.9. The quantitative estimate of drug-likeness (QED) is 0.341. The minimum absolute atomic E-state index is 0.104. The highest BCUT2D eigenvalue weighted by molar-refractivity contribution is 6.74. The monoisotopic (exact) mass is 522 g/mol. The van der Waals surface area contributed by atoms with E-state index < -0.39 is 26.1 Å². The van der Waals surface area contributed by atoms with Crippen LogP contribution in [0.25, 0.3) is 10.9 Å². The first-order valence-electron chi connectivity index (χ1n) is 11.7. The number of nitrogens with one attached hydrogen (secondary N) is 1. The molecule has 196 valence electrons. The van der Waals surface area contributed by atoms with Crippen molar-refractivity contribution >= 4 is 30.8 Å². The van der Waals surface area contributed by atoms with E-state index in [0.717, 1.165) is 17.5 Å². The number of pyridine rings is 1.